The van der Waals surface area contributed by atoms with Crippen molar-refractivity contribution in [1.29, 1.82) is 0 Å². The van der Waals surface area contributed by atoms with Crippen molar-refractivity contribution in [2.75, 3.05) is 5.32 Å². The molecule has 122 valence electrons. The Morgan fingerprint density at radius 3 is 2.43 bits per heavy atom. The zero-order chi connectivity index (χ0) is 17.0. The second kappa shape index (κ2) is 7.71. The van der Waals surface area contributed by atoms with E-state index in [1.165, 1.54) is 0 Å². The molecule has 0 aliphatic rings. The van der Waals surface area contributed by atoms with E-state index in [1.807, 2.05) is 24.3 Å². The Morgan fingerprint density at radius 1 is 1.04 bits per heavy atom. The van der Waals surface area contributed by atoms with Gasteiger partial charge in [-0.15, -0.1) is 0 Å². The number of amides is 1. The highest BCUT2D eigenvalue weighted by Crippen LogP contribution is 2.30. The molecule has 0 unspecified atom stereocenters. The number of rotatable bonds is 5. The van der Waals surface area contributed by atoms with E-state index >= 15 is 0 Å². The number of nitrogens with one attached hydrogen (secondary N) is 1. The Hall–Kier alpha value is -1.71. The molecule has 0 radical (unpaired) electrons. The van der Waals surface area contributed by atoms with E-state index in [0.717, 1.165) is 5.56 Å². The molecule has 5 heteroatoms. The van der Waals surface area contributed by atoms with E-state index in [4.69, 9.17) is 27.9 Å². The molecule has 0 saturated heterocycles. The summed E-state index contributed by atoms with van der Waals surface area (Å²) >= 11 is 12.0. The minimum absolute atomic E-state index is 0.285. The average molecular weight is 352 g/mol. The Bertz CT molecular complexity index is 701. The molecule has 0 aliphatic carbocycles. The highest BCUT2D eigenvalue weighted by Gasteiger charge is 2.18. The van der Waals surface area contributed by atoms with Crippen molar-refractivity contribution in [3.63, 3.8) is 0 Å². The first-order valence-corrected chi connectivity index (χ1v) is 8.16. The molecule has 2 aromatic rings. The monoisotopic (exact) mass is 351 g/mol. The van der Waals surface area contributed by atoms with E-state index in [0.29, 0.717) is 27.4 Å². The number of hydrogen-bond donors (Lipinski definition) is 1. The van der Waals surface area contributed by atoms with E-state index < -0.39 is 6.10 Å². The van der Waals surface area contributed by atoms with Gasteiger partial charge in [-0.25, -0.2) is 0 Å². The van der Waals surface area contributed by atoms with Crippen molar-refractivity contribution >= 4 is 34.8 Å². The normalized spacial score (nSPS) is 12.1. The highest BCUT2D eigenvalue weighted by atomic mass is 35.5. The predicted molar refractivity (Wildman–Crippen MR) is 95.7 cm³/mol. The molecule has 0 aliphatic heterocycles. The molecule has 3 nitrogen and oxygen atoms in total. The lowest BCUT2D eigenvalue weighted by atomic mass is 10.0. The fourth-order valence-electron chi connectivity index (χ4n) is 2.14. The summed E-state index contributed by atoms with van der Waals surface area (Å²) in [6.45, 7) is 5.86. The summed E-state index contributed by atoms with van der Waals surface area (Å²) in [7, 11) is 0. The second-order valence-electron chi connectivity index (χ2n) is 5.54. The van der Waals surface area contributed by atoms with Gasteiger partial charge in [-0.3, -0.25) is 4.79 Å². The molecule has 0 saturated carbocycles. The summed E-state index contributed by atoms with van der Waals surface area (Å²) in [6.07, 6.45) is -0.662. The van der Waals surface area contributed by atoms with Crippen LogP contribution in [0.3, 0.4) is 0 Å². The number of hydrogen-bond acceptors (Lipinski definition) is 2. The first-order chi connectivity index (χ1) is 10.9. The van der Waals surface area contributed by atoms with Gasteiger partial charge >= 0.3 is 0 Å². The van der Waals surface area contributed by atoms with E-state index in [1.54, 1.807) is 25.1 Å². The van der Waals surface area contributed by atoms with Crippen LogP contribution < -0.4 is 10.1 Å². The van der Waals surface area contributed by atoms with Gasteiger partial charge in [-0.1, -0.05) is 61.3 Å². The molecule has 1 amide bonds. The maximum absolute atomic E-state index is 12.3. The van der Waals surface area contributed by atoms with Crippen LogP contribution in [0.1, 0.15) is 32.3 Å². The lowest BCUT2D eigenvalue weighted by Gasteiger charge is -2.19. The molecule has 2 rings (SSSR count). The summed E-state index contributed by atoms with van der Waals surface area (Å²) in [5.41, 5.74) is 1.53. The number of carbonyl (C=O) groups is 1. The molecule has 23 heavy (non-hydrogen) atoms. The van der Waals surface area contributed by atoms with E-state index in [9.17, 15) is 4.79 Å². The first-order valence-electron chi connectivity index (χ1n) is 7.40. The second-order valence-corrected chi connectivity index (χ2v) is 6.33. The molecule has 1 atom stereocenters. The van der Waals surface area contributed by atoms with Crippen LogP contribution in [0.2, 0.25) is 10.0 Å². The lowest BCUT2D eigenvalue weighted by molar-refractivity contribution is -0.122. The third-order valence-electron chi connectivity index (χ3n) is 3.42. The van der Waals surface area contributed by atoms with Crippen LogP contribution in [0.25, 0.3) is 0 Å². The van der Waals surface area contributed by atoms with Crippen LogP contribution in [0, 0.1) is 0 Å². The van der Waals surface area contributed by atoms with Crippen molar-refractivity contribution in [1.82, 2.24) is 0 Å². The Labute approximate surface area is 146 Å². The van der Waals surface area contributed by atoms with Crippen LogP contribution in [0.15, 0.2) is 42.5 Å². The van der Waals surface area contributed by atoms with Gasteiger partial charge in [-0.2, -0.15) is 0 Å². The third kappa shape index (κ3) is 4.40. The number of para-hydroxylation sites is 1. The molecular weight excluding hydrogens is 333 g/mol. The maximum atomic E-state index is 12.3. The Morgan fingerprint density at radius 2 is 1.74 bits per heavy atom. The number of ether oxygens (including phenoxy) is 1. The standard InChI is InChI=1S/C18H19Cl2NO2/c1-11(2)13-7-4-5-10-16(13)23-12(3)18(22)21-15-9-6-8-14(19)17(15)20/h4-12H,1-3H3,(H,21,22)/t12-/m1/s1. The van der Waals surface area contributed by atoms with Gasteiger partial charge in [0.15, 0.2) is 6.10 Å². The molecular formula is C18H19Cl2NO2. The van der Waals surface area contributed by atoms with Crippen LogP contribution in [-0.2, 0) is 4.79 Å². The fraction of sp³-hybridized carbons (Fsp3) is 0.278. The minimum Gasteiger partial charge on any atom is -0.481 e. The van der Waals surface area contributed by atoms with Gasteiger partial charge in [-0.05, 0) is 36.6 Å². The first kappa shape index (κ1) is 17.6. The summed E-state index contributed by atoms with van der Waals surface area (Å²) in [4.78, 5) is 12.3. The summed E-state index contributed by atoms with van der Waals surface area (Å²) in [6, 6.07) is 12.8. The van der Waals surface area contributed by atoms with E-state index in [2.05, 4.69) is 19.2 Å². The largest absolute Gasteiger partial charge is 0.481 e. The van der Waals surface area contributed by atoms with Crippen molar-refractivity contribution < 1.29 is 9.53 Å². The molecule has 1 N–H and O–H groups in total. The topological polar surface area (TPSA) is 38.3 Å². The number of carbonyl (C=O) groups excluding carboxylic acids is 1. The predicted octanol–water partition coefficient (Wildman–Crippen LogP) is 5.52. The summed E-state index contributed by atoms with van der Waals surface area (Å²) in [5.74, 6) is 0.735. The van der Waals surface area contributed by atoms with E-state index in [-0.39, 0.29) is 5.91 Å². The Balaban J connectivity index is 2.10. The Kier molecular flexibility index (Phi) is 5.91. The lowest BCUT2D eigenvalue weighted by Crippen LogP contribution is -2.30. The number of halogens is 2. The third-order valence-corrected chi connectivity index (χ3v) is 4.24. The average Bonchev–Trinajstić information content (AvgIpc) is 2.52. The van der Waals surface area contributed by atoms with Crippen molar-refractivity contribution in [2.45, 2.75) is 32.8 Å². The van der Waals surface area contributed by atoms with Crippen LogP contribution in [-0.4, -0.2) is 12.0 Å². The van der Waals surface area contributed by atoms with Gasteiger partial charge in [0, 0.05) is 0 Å². The molecule has 0 bridgehead atoms. The summed E-state index contributed by atoms with van der Waals surface area (Å²) < 4.78 is 5.82. The molecule has 0 heterocycles. The number of anilines is 1. The minimum atomic E-state index is -0.662. The quantitative estimate of drug-likeness (QED) is 0.769. The van der Waals surface area contributed by atoms with Crippen molar-refractivity contribution in [3.05, 3.63) is 58.1 Å². The number of benzene rings is 2. The molecule has 0 aromatic heterocycles. The zero-order valence-corrected chi connectivity index (χ0v) is 14.8. The maximum Gasteiger partial charge on any atom is 0.265 e. The molecule has 0 spiro atoms. The van der Waals surface area contributed by atoms with Gasteiger partial charge in [0.1, 0.15) is 5.75 Å². The van der Waals surface area contributed by atoms with Gasteiger partial charge < -0.3 is 10.1 Å². The zero-order valence-electron chi connectivity index (χ0n) is 13.3. The van der Waals surface area contributed by atoms with Crippen molar-refractivity contribution in [3.8, 4) is 5.75 Å². The summed E-state index contributed by atoms with van der Waals surface area (Å²) in [5, 5.41) is 3.45. The van der Waals surface area contributed by atoms with Gasteiger partial charge in [0.05, 0.1) is 15.7 Å². The fourth-order valence-corrected chi connectivity index (χ4v) is 2.49. The molecule has 2 aromatic carbocycles. The highest BCUT2D eigenvalue weighted by molar-refractivity contribution is 6.44. The van der Waals surface area contributed by atoms with Crippen LogP contribution in [0.4, 0.5) is 5.69 Å². The van der Waals surface area contributed by atoms with Gasteiger partial charge in [0.2, 0.25) is 0 Å². The van der Waals surface area contributed by atoms with Crippen LogP contribution in [0.5, 0.6) is 5.75 Å². The van der Waals surface area contributed by atoms with Crippen LogP contribution >= 0.6 is 23.2 Å². The SMILES string of the molecule is CC(C)c1ccccc1O[C@H](C)C(=O)Nc1cccc(Cl)c1Cl. The van der Waals surface area contributed by atoms with Crippen molar-refractivity contribution in [2.24, 2.45) is 0 Å². The smallest absolute Gasteiger partial charge is 0.265 e. The molecule has 0 fully saturated rings. The van der Waals surface area contributed by atoms with Gasteiger partial charge in [0.25, 0.3) is 5.91 Å².